The summed E-state index contributed by atoms with van der Waals surface area (Å²) < 4.78 is 35.4. The number of ketones is 2. The van der Waals surface area contributed by atoms with E-state index in [2.05, 4.69) is 9.97 Å². The molecule has 0 aliphatic carbocycles. The van der Waals surface area contributed by atoms with Gasteiger partial charge >= 0.3 is 6.18 Å². The predicted octanol–water partition coefficient (Wildman–Crippen LogP) is 1.18. The number of nitrogens with zero attached hydrogens (tertiary/aromatic N) is 2. The van der Waals surface area contributed by atoms with E-state index in [-0.39, 0.29) is 5.69 Å². The van der Waals surface area contributed by atoms with E-state index in [9.17, 15) is 22.8 Å². The number of carbonyl (C=O) groups excluding carboxylic acids is 2. The minimum absolute atomic E-state index is 0.206. The van der Waals surface area contributed by atoms with Gasteiger partial charge in [0.15, 0.2) is 5.78 Å². The second-order valence-electron chi connectivity index (χ2n) is 2.62. The van der Waals surface area contributed by atoms with E-state index in [1.54, 1.807) is 0 Å². The molecule has 1 heterocycles. The summed E-state index contributed by atoms with van der Waals surface area (Å²) in [6.45, 7) is 0. The number of alkyl halides is 3. The molecule has 0 aliphatic heterocycles. The van der Waals surface area contributed by atoms with E-state index in [1.165, 1.54) is 6.20 Å². The van der Waals surface area contributed by atoms with Crippen molar-refractivity contribution in [3.05, 3.63) is 24.3 Å². The Bertz CT molecular complexity index is 375. The number of hydrogen-bond acceptors (Lipinski definition) is 4. The van der Waals surface area contributed by atoms with Gasteiger partial charge in [0.05, 0.1) is 6.42 Å². The molecule has 0 spiro atoms. The average Bonchev–Trinajstić information content (AvgIpc) is 2.17. The van der Waals surface area contributed by atoms with E-state index in [4.69, 9.17) is 0 Å². The molecule has 0 amide bonds. The molecule has 7 heteroatoms. The predicted molar refractivity (Wildman–Crippen MR) is 42.0 cm³/mol. The van der Waals surface area contributed by atoms with Crippen LogP contribution in [0.1, 0.15) is 16.9 Å². The molecule has 4 nitrogen and oxygen atoms in total. The summed E-state index contributed by atoms with van der Waals surface area (Å²) >= 11 is 0. The lowest BCUT2D eigenvalue weighted by Crippen LogP contribution is -2.25. The lowest BCUT2D eigenvalue weighted by molar-refractivity contribution is -0.170. The van der Waals surface area contributed by atoms with Crippen LogP contribution < -0.4 is 0 Å². The molecule has 1 aromatic heterocycles. The first-order chi connectivity index (χ1) is 6.91. The van der Waals surface area contributed by atoms with Gasteiger partial charge in [-0.25, -0.2) is 9.97 Å². The standard InChI is InChI=1S/C8H5F3N2O2/c9-8(10,11)7(15)3-6(14)5-1-2-12-4-13-5/h1-2,4H,3H2. The van der Waals surface area contributed by atoms with Crippen molar-refractivity contribution in [3.63, 3.8) is 0 Å². The van der Waals surface area contributed by atoms with Crippen LogP contribution in [0.2, 0.25) is 0 Å². The van der Waals surface area contributed by atoms with Crippen molar-refractivity contribution in [1.82, 2.24) is 9.97 Å². The fraction of sp³-hybridized carbons (Fsp3) is 0.250. The third-order valence-electron chi connectivity index (χ3n) is 1.50. The minimum Gasteiger partial charge on any atom is -0.292 e. The highest BCUT2D eigenvalue weighted by Crippen LogP contribution is 2.18. The molecular weight excluding hydrogens is 213 g/mol. The average molecular weight is 218 g/mol. The smallest absolute Gasteiger partial charge is 0.292 e. The first-order valence-corrected chi connectivity index (χ1v) is 3.80. The largest absolute Gasteiger partial charge is 0.450 e. The zero-order chi connectivity index (χ0) is 11.5. The molecule has 0 aromatic carbocycles. The van der Waals surface area contributed by atoms with Gasteiger partial charge in [0, 0.05) is 6.20 Å². The van der Waals surface area contributed by atoms with Crippen LogP contribution in [-0.4, -0.2) is 27.7 Å². The summed E-state index contributed by atoms with van der Waals surface area (Å²) in [4.78, 5) is 28.5. The molecule has 0 radical (unpaired) electrons. The maximum Gasteiger partial charge on any atom is 0.450 e. The fourth-order valence-corrected chi connectivity index (χ4v) is 0.792. The number of hydrogen-bond donors (Lipinski definition) is 0. The van der Waals surface area contributed by atoms with Crippen molar-refractivity contribution in [1.29, 1.82) is 0 Å². The first kappa shape index (κ1) is 11.3. The normalized spacial score (nSPS) is 11.1. The summed E-state index contributed by atoms with van der Waals surface area (Å²) in [7, 11) is 0. The molecular formula is C8H5F3N2O2. The highest BCUT2D eigenvalue weighted by atomic mass is 19.4. The van der Waals surface area contributed by atoms with Crippen LogP contribution in [-0.2, 0) is 4.79 Å². The van der Waals surface area contributed by atoms with Crippen molar-refractivity contribution in [2.24, 2.45) is 0 Å². The Morgan fingerprint density at radius 2 is 2.00 bits per heavy atom. The third kappa shape index (κ3) is 3.12. The van der Waals surface area contributed by atoms with Crippen molar-refractivity contribution in [2.45, 2.75) is 12.6 Å². The molecule has 0 bridgehead atoms. The maximum absolute atomic E-state index is 11.8. The van der Waals surface area contributed by atoms with Gasteiger partial charge < -0.3 is 0 Å². The first-order valence-electron chi connectivity index (χ1n) is 3.80. The fourth-order valence-electron chi connectivity index (χ4n) is 0.792. The lowest BCUT2D eigenvalue weighted by atomic mass is 10.1. The Balaban J connectivity index is 2.70. The summed E-state index contributed by atoms with van der Waals surface area (Å²) in [6.07, 6.45) is -3.98. The highest BCUT2D eigenvalue weighted by molar-refractivity contribution is 6.08. The highest BCUT2D eigenvalue weighted by Gasteiger charge is 2.39. The number of halogens is 3. The Morgan fingerprint density at radius 1 is 1.33 bits per heavy atom. The van der Waals surface area contributed by atoms with Gasteiger partial charge in [-0.3, -0.25) is 9.59 Å². The van der Waals surface area contributed by atoms with Gasteiger partial charge in [0.2, 0.25) is 5.78 Å². The van der Waals surface area contributed by atoms with Crippen LogP contribution in [0.4, 0.5) is 13.2 Å². The van der Waals surface area contributed by atoms with Gasteiger partial charge in [0.25, 0.3) is 0 Å². The van der Waals surface area contributed by atoms with Crippen molar-refractivity contribution >= 4 is 11.6 Å². The van der Waals surface area contributed by atoms with Gasteiger partial charge in [-0.15, -0.1) is 0 Å². The Kier molecular flexibility index (Phi) is 3.13. The third-order valence-corrected chi connectivity index (χ3v) is 1.50. The lowest BCUT2D eigenvalue weighted by Gasteiger charge is -2.03. The number of carbonyl (C=O) groups is 2. The molecule has 0 saturated carbocycles. The second-order valence-corrected chi connectivity index (χ2v) is 2.62. The SMILES string of the molecule is O=C(CC(=O)C(F)(F)F)c1ccncn1. The van der Waals surface area contributed by atoms with Gasteiger partial charge in [-0.05, 0) is 6.07 Å². The van der Waals surface area contributed by atoms with E-state index in [0.717, 1.165) is 12.4 Å². The summed E-state index contributed by atoms with van der Waals surface area (Å²) in [5.41, 5.74) is -0.206. The Labute approximate surface area is 82.2 Å². The number of Topliss-reactive ketones (excluding diaryl/α,β-unsaturated/α-hetero) is 2. The molecule has 1 aromatic rings. The zero-order valence-corrected chi connectivity index (χ0v) is 7.28. The van der Waals surface area contributed by atoms with E-state index < -0.39 is 24.2 Å². The minimum atomic E-state index is -4.98. The monoisotopic (exact) mass is 218 g/mol. The van der Waals surface area contributed by atoms with Crippen LogP contribution in [0.3, 0.4) is 0 Å². The summed E-state index contributed by atoms with van der Waals surface area (Å²) in [5.74, 6) is -3.05. The number of rotatable bonds is 3. The molecule has 15 heavy (non-hydrogen) atoms. The summed E-state index contributed by atoms with van der Waals surface area (Å²) in [6, 6.07) is 1.14. The molecule has 0 aliphatic rings. The van der Waals surface area contributed by atoms with Crippen LogP contribution in [0.5, 0.6) is 0 Å². The van der Waals surface area contributed by atoms with E-state index in [0.29, 0.717) is 0 Å². The molecule has 0 fully saturated rings. The van der Waals surface area contributed by atoms with Gasteiger partial charge in [-0.2, -0.15) is 13.2 Å². The molecule has 80 valence electrons. The Morgan fingerprint density at radius 3 is 2.47 bits per heavy atom. The van der Waals surface area contributed by atoms with Crippen LogP contribution in [0, 0.1) is 0 Å². The van der Waals surface area contributed by atoms with Crippen LogP contribution in [0.25, 0.3) is 0 Å². The Hall–Kier alpha value is -1.79. The van der Waals surface area contributed by atoms with Gasteiger partial charge in [0.1, 0.15) is 12.0 Å². The zero-order valence-electron chi connectivity index (χ0n) is 7.28. The van der Waals surface area contributed by atoms with Crippen molar-refractivity contribution in [3.8, 4) is 0 Å². The molecule has 1 rings (SSSR count). The quantitative estimate of drug-likeness (QED) is 0.564. The van der Waals surface area contributed by atoms with E-state index >= 15 is 0 Å². The van der Waals surface area contributed by atoms with Crippen molar-refractivity contribution in [2.75, 3.05) is 0 Å². The maximum atomic E-state index is 11.8. The van der Waals surface area contributed by atoms with Gasteiger partial charge in [-0.1, -0.05) is 0 Å². The van der Waals surface area contributed by atoms with Crippen molar-refractivity contribution < 1.29 is 22.8 Å². The molecule has 0 unspecified atom stereocenters. The van der Waals surface area contributed by atoms with Crippen LogP contribution >= 0.6 is 0 Å². The molecule has 0 N–H and O–H groups in total. The summed E-state index contributed by atoms with van der Waals surface area (Å²) in [5, 5.41) is 0. The number of aromatic nitrogens is 2. The second kappa shape index (κ2) is 4.16. The molecule has 0 saturated heterocycles. The molecule has 0 atom stereocenters. The van der Waals surface area contributed by atoms with Crippen LogP contribution in [0.15, 0.2) is 18.6 Å². The topological polar surface area (TPSA) is 59.9 Å². The van der Waals surface area contributed by atoms with E-state index in [1.807, 2.05) is 0 Å².